The predicted octanol–water partition coefficient (Wildman–Crippen LogP) is 2.58. The minimum absolute atomic E-state index is 0.0220. The fourth-order valence-electron chi connectivity index (χ4n) is 3.95. The van der Waals surface area contributed by atoms with Crippen LogP contribution in [0, 0.1) is 6.92 Å². The van der Waals surface area contributed by atoms with Crippen molar-refractivity contribution in [1.29, 1.82) is 0 Å². The average molecular weight is 478 g/mol. The number of aryl methyl sites for hydroxylation is 1. The molecule has 0 bridgehead atoms. The lowest BCUT2D eigenvalue weighted by atomic mass is 9.92. The highest BCUT2D eigenvalue weighted by atomic mass is 16.5. The van der Waals surface area contributed by atoms with Crippen LogP contribution in [0.1, 0.15) is 23.9 Å². The van der Waals surface area contributed by atoms with Crippen molar-refractivity contribution >= 4 is 29.5 Å². The van der Waals surface area contributed by atoms with E-state index in [1.54, 1.807) is 26.2 Å². The van der Waals surface area contributed by atoms with E-state index in [2.05, 4.69) is 25.6 Å². The molecule has 1 fully saturated rings. The number of rotatable bonds is 8. The normalized spacial score (nSPS) is 17.3. The van der Waals surface area contributed by atoms with Crippen molar-refractivity contribution < 1.29 is 19.1 Å². The molecule has 4 rings (SSSR count). The van der Waals surface area contributed by atoms with Crippen molar-refractivity contribution in [3.05, 3.63) is 59.4 Å². The highest BCUT2D eigenvalue weighted by Gasteiger charge is 2.48. The van der Waals surface area contributed by atoms with Gasteiger partial charge in [-0.05, 0) is 43.2 Å². The van der Waals surface area contributed by atoms with E-state index in [0.717, 1.165) is 21.7 Å². The van der Waals surface area contributed by atoms with E-state index < -0.39 is 17.5 Å². The van der Waals surface area contributed by atoms with Gasteiger partial charge in [-0.1, -0.05) is 24.3 Å². The number of carbonyl (C=O) groups is 2. The molecule has 3 aromatic rings. The minimum atomic E-state index is -1.16. The number of nitrogens with one attached hydrogen (secondary N) is 2. The van der Waals surface area contributed by atoms with Crippen LogP contribution in [0.4, 0.5) is 22.4 Å². The molecule has 1 aromatic heterocycles. The van der Waals surface area contributed by atoms with Crippen LogP contribution >= 0.6 is 0 Å². The van der Waals surface area contributed by atoms with Crippen molar-refractivity contribution in [3.63, 3.8) is 0 Å². The number of ether oxygens (including phenoxy) is 2. The molecule has 1 saturated heterocycles. The highest BCUT2D eigenvalue weighted by molar-refractivity contribution is 6.06. The Morgan fingerprint density at radius 1 is 1.06 bits per heavy atom. The first-order valence-electron chi connectivity index (χ1n) is 10.9. The quantitative estimate of drug-likeness (QED) is 0.417. The SMILES string of the molecule is COc1ccc(C[C@@]2(C)NC(=O)N(Cc3nc(N)nc(Nc4ccccc4C)n3)C2=O)cc1OC. The second-order valence-electron chi connectivity index (χ2n) is 8.39. The molecule has 1 atom stereocenters. The van der Waals surface area contributed by atoms with E-state index in [0.29, 0.717) is 11.5 Å². The van der Waals surface area contributed by atoms with E-state index in [1.807, 2.05) is 37.3 Å². The summed E-state index contributed by atoms with van der Waals surface area (Å²) in [6, 6.07) is 12.5. The Labute approximate surface area is 202 Å². The van der Waals surface area contributed by atoms with Gasteiger partial charge in [0.25, 0.3) is 5.91 Å². The summed E-state index contributed by atoms with van der Waals surface area (Å²) in [4.78, 5) is 39.7. The van der Waals surface area contributed by atoms with E-state index in [1.165, 1.54) is 7.11 Å². The molecule has 2 heterocycles. The fourth-order valence-corrected chi connectivity index (χ4v) is 3.95. The Balaban J connectivity index is 1.53. The largest absolute Gasteiger partial charge is 0.493 e. The van der Waals surface area contributed by atoms with Gasteiger partial charge in [0, 0.05) is 12.1 Å². The molecule has 2 aromatic carbocycles. The lowest BCUT2D eigenvalue weighted by Crippen LogP contribution is -2.46. The van der Waals surface area contributed by atoms with Gasteiger partial charge >= 0.3 is 6.03 Å². The summed E-state index contributed by atoms with van der Waals surface area (Å²) in [7, 11) is 3.09. The van der Waals surface area contributed by atoms with Crippen LogP contribution in [0.3, 0.4) is 0 Å². The number of amides is 3. The van der Waals surface area contributed by atoms with Crippen molar-refractivity contribution in [2.75, 3.05) is 25.3 Å². The number of nitrogens with two attached hydrogens (primary N) is 1. The third-order valence-corrected chi connectivity index (χ3v) is 5.74. The van der Waals surface area contributed by atoms with Crippen LogP contribution in [-0.2, 0) is 17.8 Å². The number of imide groups is 1. The highest BCUT2D eigenvalue weighted by Crippen LogP contribution is 2.31. The zero-order chi connectivity index (χ0) is 25.2. The second-order valence-corrected chi connectivity index (χ2v) is 8.39. The maximum Gasteiger partial charge on any atom is 0.325 e. The molecule has 0 radical (unpaired) electrons. The smallest absolute Gasteiger partial charge is 0.325 e. The number of carbonyl (C=O) groups excluding carboxylic acids is 2. The van der Waals surface area contributed by atoms with Crippen LogP contribution in [0.5, 0.6) is 11.5 Å². The van der Waals surface area contributed by atoms with Crippen molar-refractivity contribution in [2.24, 2.45) is 0 Å². The maximum absolute atomic E-state index is 13.3. The van der Waals surface area contributed by atoms with Crippen molar-refractivity contribution in [2.45, 2.75) is 32.4 Å². The van der Waals surface area contributed by atoms with E-state index in [4.69, 9.17) is 15.2 Å². The zero-order valence-electron chi connectivity index (χ0n) is 20.0. The summed E-state index contributed by atoms with van der Waals surface area (Å²) in [6.07, 6.45) is 0.258. The number of hydrogen-bond donors (Lipinski definition) is 3. The lowest BCUT2D eigenvalue weighted by Gasteiger charge is -2.22. The molecule has 3 amide bonds. The summed E-state index contributed by atoms with van der Waals surface area (Å²) >= 11 is 0. The van der Waals surface area contributed by atoms with Gasteiger partial charge in [0.05, 0.1) is 20.8 Å². The molecular weight excluding hydrogens is 450 g/mol. The Morgan fingerprint density at radius 3 is 2.51 bits per heavy atom. The number of nitrogens with zero attached hydrogens (tertiary/aromatic N) is 4. The Hall–Kier alpha value is -4.41. The molecule has 0 spiro atoms. The topological polar surface area (TPSA) is 145 Å². The van der Waals surface area contributed by atoms with Crippen LogP contribution in [0.25, 0.3) is 0 Å². The van der Waals surface area contributed by atoms with Crippen LogP contribution in [0.2, 0.25) is 0 Å². The second kappa shape index (κ2) is 9.45. The molecule has 0 saturated carbocycles. The summed E-state index contributed by atoms with van der Waals surface area (Å²) in [5, 5.41) is 5.89. The van der Waals surface area contributed by atoms with Crippen LogP contribution in [-0.4, -0.2) is 51.5 Å². The Morgan fingerprint density at radius 2 is 1.80 bits per heavy atom. The number of methoxy groups -OCH3 is 2. The average Bonchev–Trinajstić information content (AvgIpc) is 3.02. The fraction of sp³-hybridized carbons (Fsp3) is 0.292. The summed E-state index contributed by atoms with van der Waals surface area (Å²) in [5.74, 6) is 1.11. The van der Waals surface area contributed by atoms with Gasteiger partial charge in [-0.3, -0.25) is 9.69 Å². The van der Waals surface area contributed by atoms with Crippen molar-refractivity contribution in [1.82, 2.24) is 25.2 Å². The molecular formula is C24H27N7O4. The molecule has 11 nitrogen and oxygen atoms in total. The predicted molar refractivity (Wildman–Crippen MR) is 129 cm³/mol. The standard InChI is InChI=1S/C24H27N7O4/c1-14-7-5-6-8-16(14)26-22-28-19(27-21(25)29-22)13-31-20(32)24(2,30-23(31)33)12-15-9-10-17(34-3)18(11-15)35-4/h5-11H,12-13H2,1-4H3,(H,30,33)(H3,25,26,27,28,29)/t24-/m1/s1. The summed E-state index contributed by atoms with van der Waals surface area (Å²) in [5.41, 5.74) is 7.32. The van der Waals surface area contributed by atoms with Gasteiger partial charge in [-0.15, -0.1) is 0 Å². The number of para-hydroxylation sites is 1. The minimum Gasteiger partial charge on any atom is -0.493 e. The van der Waals surface area contributed by atoms with Gasteiger partial charge in [0.15, 0.2) is 17.3 Å². The Kier molecular flexibility index (Phi) is 6.41. The third kappa shape index (κ3) is 4.93. The molecule has 11 heteroatoms. The summed E-state index contributed by atoms with van der Waals surface area (Å²) in [6.45, 7) is 3.47. The van der Waals surface area contributed by atoms with Gasteiger partial charge in [-0.2, -0.15) is 15.0 Å². The third-order valence-electron chi connectivity index (χ3n) is 5.74. The molecule has 0 unspecified atom stereocenters. The summed E-state index contributed by atoms with van der Waals surface area (Å²) < 4.78 is 10.6. The molecule has 35 heavy (non-hydrogen) atoms. The number of anilines is 3. The number of urea groups is 1. The van der Waals surface area contributed by atoms with Gasteiger partial charge in [-0.25, -0.2) is 4.79 Å². The van der Waals surface area contributed by atoms with Crippen LogP contribution < -0.4 is 25.8 Å². The maximum atomic E-state index is 13.3. The first-order chi connectivity index (χ1) is 16.7. The number of nitrogen functional groups attached to an aromatic ring is 1. The Bertz CT molecular complexity index is 1280. The van der Waals surface area contributed by atoms with Crippen molar-refractivity contribution in [3.8, 4) is 11.5 Å². The molecule has 4 N–H and O–H groups in total. The first-order valence-corrected chi connectivity index (χ1v) is 10.9. The van der Waals surface area contributed by atoms with E-state index in [9.17, 15) is 9.59 Å². The molecule has 1 aliphatic rings. The molecule has 182 valence electrons. The first kappa shape index (κ1) is 23.7. The van der Waals surface area contributed by atoms with E-state index in [-0.39, 0.29) is 30.7 Å². The molecule has 0 aliphatic carbocycles. The van der Waals surface area contributed by atoms with Gasteiger partial charge < -0.3 is 25.8 Å². The number of hydrogen-bond acceptors (Lipinski definition) is 9. The van der Waals surface area contributed by atoms with E-state index >= 15 is 0 Å². The lowest BCUT2D eigenvalue weighted by molar-refractivity contribution is -0.131. The zero-order valence-corrected chi connectivity index (χ0v) is 20.0. The molecule has 1 aliphatic heterocycles. The number of aromatic nitrogens is 3. The van der Waals surface area contributed by atoms with Gasteiger partial charge in [0.2, 0.25) is 11.9 Å². The number of benzene rings is 2. The monoisotopic (exact) mass is 477 g/mol. The van der Waals surface area contributed by atoms with Gasteiger partial charge in [0.1, 0.15) is 5.54 Å². The van der Waals surface area contributed by atoms with Crippen LogP contribution in [0.15, 0.2) is 42.5 Å².